The van der Waals surface area contributed by atoms with Crippen LogP contribution in [-0.4, -0.2) is 39.7 Å². The van der Waals surface area contributed by atoms with Gasteiger partial charge in [0.25, 0.3) is 5.91 Å². The number of hydrogen-bond donors (Lipinski definition) is 1. The zero-order valence-corrected chi connectivity index (χ0v) is 16.7. The molecule has 0 spiro atoms. The van der Waals surface area contributed by atoms with Crippen LogP contribution in [0, 0.1) is 13.8 Å². The van der Waals surface area contributed by atoms with Gasteiger partial charge in [-0.2, -0.15) is 5.10 Å². The van der Waals surface area contributed by atoms with E-state index in [1.165, 1.54) is 17.6 Å². The minimum Gasteiger partial charge on any atom is -0.497 e. The fourth-order valence-corrected chi connectivity index (χ4v) is 4.16. The number of ether oxygens (including phenoxy) is 1. The third-order valence-electron chi connectivity index (χ3n) is 4.89. The Morgan fingerprint density at radius 2 is 1.96 bits per heavy atom. The Morgan fingerprint density at radius 3 is 2.64 bits per heavy atom. The molecule has 1 unspecified atom stereocenters. The standard InChI is InChI=1S/C19H19N5O3S/c1-11-10-28-18-21-12(2)15(23(11)18)9-20-24-16(25)19(3,22-17(24)26)13-5-7-14(27-4)8-6-13/h5-10H,1-4H3,(H,22,26)/b20-9+. The highest BCUT2D eigenvalue weighted by molar-refractivity contribution is 7.15. The molecule has 28 heavy (non-hydrogen) atoms. The van der Waals surface area contributed by atoms with E-state index in [0.717, 1.165) is 27.1 Å². The number of rotatable bonds is 4. The summed E-state index contributed by atoms with van der Waals surface area (Å²) in [7, 11) is 1.57. The van der Waals surface area contributed by atoms with Crippen molar-refractivity contribution < 1.29 is 14.3 Å². The van der Waals surface area contributed by atoms with Gasteiger partial charge in [0, 0.05) is 11.1 Å². The number of nitrogens with zero attached hydrogens (tertiary/aromatic N) is 4. The largest absolute Gasteiger partial charge is 0.497 e. The van der Waals surface area contributed by atoms with Crippen molar-refractivity contribution in [2.24, 2.45) is 5.10 Å². The molecule has 1 N–H and O–H groups in total. The smallest absolute Gasteiger partial charge is 0.346 e. The molecule has 2 aromatic heterocycles. The highest BCUT2D eigenvalue weighted by Crippen LogP contribution is 2.30. The van der Waals surface area contributed by atoms with Crippen molar-refractivity contribution in [2.45, 2.75) is 26.3 Å². The predicted octanol–water partition coefficient (Wildman–Crippen LogP) is 2.82. The lowest BCUT2D eigenvalue weighted by molar-refractivity contribution is -0.131. The van der Waals surface area contributed by atoms with Gasteiger partial charge >= 0.3 is 6.03 Å². The number of hydrogen-bond acceptors (Lipinski definition) is 6. The number of nitrogens with one attached hydrogen (secondary N) is 1. The number of urea groups is 1. The molecule has 1 aliphatic rings. The Kier molecular flexibility index (Phi) is 4.19. The fraction of sp³-hybridized carbons (Fsp3) is 0.263. The predicted molar refractivity (Wildman–Crippen MR) is 106 cm³/mol. The summed E-state index contributed by atoms with van der Waals surface area (Å²) in [4.78, 5) is 30.8. The van der Waals surface area contributed by atoms with E-state index in [9.17, 15) is 9.59 Å². The highest BCUT2D eigenvalue weighted by atomic mass is 32.1. The molecule has 9 heteroatoms. The molecule has 0 radical (unpaired) electrons. The van der Waals surface area contributed by atoms with Gasteiger partial charge in [0.2, 0.25) is 0 Å². The second kappa shape index (κ2) is 6.45. The lowest BCUT2D eigenvalue weighted by atomic mass is 9.92. The molecule has 0 bridgehead atoms. The molecule has 0 aliphatic carbocycles. The molecule has 144 valence electrons. The maximum atomic E-state index is 13.0. The quantitative estimate of drug-likeness (QED) is 0.542. The fourth-order valence-electron chi connectivity index (χ4n) is 3.24. The number of thiazole rings is 1. The van der Waals surface area contributed by atoms with E-state index >= 15 is 0 Å². The summed E-state index contributed by atoms with van der Waals surface area (Å²) in [6, 6.07) is 6.43. The van der Waals surface area contributed by atoms with E-state index in [1.54, 1.807) is 38.3 Å². The molecule has 3 amide bonds. The van der Waals surface area contributed by atoms with Crippen LogP contribution in [0.15, 0.2) is 34.7 Å². The minimum atomic E-state index is -1.19. The Labute approximate surface area is 165 Å². The lowest BCUT2D eigenvalue weighted by Gasteiger charge is -2.21. The van der Waals surface area contributed by atoms with Crippen molar-refractivity contribution in [3.05, 3.63) is 52.3 Å². The number of aryl methyl sites for hydroxylation is 2. The van der Waals surface area contributed by atoms with Gasteiger partial charge in [-0.1, -0.05) is 12.1 Å². The van der Waals surface area contributed by atoms with E-state index in [0.29, 0.717) is 11.3 Å². The molecule has 1 saturated heterocycles. The summed E-state index contributed by atoms with van der Waals surface area (Å²) >= 11 is 1.53. The van der Waals surface area contributed by atoms with Gasteiger partial charge in [0.15, 0.2) is 4.96 Å². The van der Waals surface area contributed by atoms with E-state index < -0.39 is 17.5 Å². The zero-order valence-electron chi connectivity index (χ0n) is 15.9. The van der Waals surface area contributed by atoms with E-state index in [2.05, 4.69) is 15.4 Å². The van der Waals surface area contributed by atoms with Gasteiger partial charge in [0.05, 0.1) is 24.7 Å². The van der Waals surface area contributed by atoms with Crippen molar-refractivity contribution >= 4 is 34.5 Å². The highest BCUT2D eigenvalue weighted by Gasteiger charge is 2.49. The number of carbonyl (C=O) groups excluding carboxylic acids is 2. The second-order valence-electron chi connectivity index (χ2n) is 6.72. The zero-order chi connectivity index (χ0) is 20.1. The molecular weight excluding hydrogens is 378 g/mol. The number of benzene rings is 1. The van der Waals surface area contributed by atoms with Gasteiger partial charge < -0.3 is 10.1 Å². The third kappa shape index (κ3) is 2.66. The van der Waals surface area contributed by atoms with Crippen LogP contribution < -0.4 is 10.1 Å². The van der Waals surface area contributed by atoms with Gasteiger partial charge in [-0.25, -0.2) is 9.78 Å². The molecule has 3 heterocycles. The van der Waals surface area contributed by atoms with Crippen LogP contribution in [0.1, 0.15) is 29.6 Å². The first-order valence-electron chi connectivity index (χ1n) is 8.63. The molecule has 1 fully saturated rings. The maximum absolute atomic E-state index is 13.0. The number of imide groups is 1. The summed E-state index contributed by atoms with van der Waals surface area (Å²) in [6.07, 6.45) is 1.51. The van der Waals surface area contributed by atoms with Crippen molar-refractivity contribution in [3.63, 3.8) is 0 Å². The molecule has 1 aliphatic heterocycles. The molecule has 8 nitrogen and oxygen atoms in total. The topological polar surface area (TPSA) is 88.3 Å². The van der Waals surface area contributed by atoms with E-state index in [4.69, 9.17) is 4.74 Å². The van der Waals surface area contributed by atoms with E-state index in [-0.39, 0.29) is 0 Å². The SMILES string of the molecule is COc1ccc(C2(C)NC(=O)N(/N=C/c3c(C)nc4scc(C)n34)C2=O)cc1. The summed E-state index contributed by atoms with van der Waals surface area (Å²) < 4.78 is 7.10. The normalized spacial score (nSPS) is 19.8. The number of fused-ring (bicyclic) bond motifs is 1. The first-order valence-corrected chi connectivity index (χ1v) is 9.51. The molecule has 1 aromatic carbocycles. The molecule has 1 atom stereocenters. The first-order chi connectivity index (χ1) is 13.3. The first kappa shape index (κ1) is 18.2. The Hall–Kier alpha value is -3.20. The van der Waals surface area contributed by atoms with Crippen LogP contribution in [0.4, 0.5) is 4.79 Å². The van der Waals surface area contributed by atoms with Crippen LogP contribution in [-0.2, 0) is 10.3 Å². The van der Waals surface area contributed by atoms with Crippen molar-refractivity contribution in [2.75, 3.05) is 7.11 Å². The molecular formula is C19H19N5O3S. The third-order valence-corrected chi connectivity index (χ3v) is 5.83. The summed E-state index contributed by atoms with van der Waals surface area (Å²) in [5.41, 5.74) is 2.00. The number of aromatic nitrogens is 2. The summed E-state index contributed by atoms with van der Waals surface area (Å²) in [5.74, 6) is 0.227. The lowest BCUT2D eigenvalue weighted by Crippen LogP contribution is -2.40. The Morgan fingerprint density at radius 1 is 1.25 bits per heavy atom. The average Bonchev–Trinajstić information content (AvgIpc) is 3.27. The molecule has 0 saturated carbocycles. The van der Waals surface area contributed by atoms with Gasteiger partial charge in [-0.15, -0.1) is 16.3 Å². The maximum Gasteiger partial charge on any atom is 0.346 e. The van der Waals surface area contributed by atoms with Gasteiger partial charge in [-0.3, -0.25) is 9.20 Å². The van der Waals surface area contributed by atoms with Crippen LogP contribution >= 0.6 is 11.3 Å². The average molecular weight is 397 g/mol. The van der Waals surface area contributed by atoms with Crippen LogP contribution in [0.3, 0.4) is 0 Å². The van der Waals surface area contributed by atoms with Crippen molar-refractivity contribution in [3.8, 4) is 5.75 Å². The number of imidazole rings is 1. The number of amides is 3. The number of carbonyl (C=O) groups is 2. The number of methoxy groups -OCH3 is 1. The minimum absolute atomic E-state index is 0.445. The Balaban J connectivity index is 1.66. The van der Waals surface area contributed by atoms with Crippen molar-refractivity contribution in [1.82, 2.24) is 19.7 Å². The van der Waals surface area contributed by atoms with Crippen LogP contribution in [0.25, 0.3) is 4.96 Å². The van der Waals surface area contributed by atoms with Gasteiger partial charge in [0.1, 0.15) is 11.3 Å². The molecule has 4 rings (SSSR count). The monoisotopic (exact) mass is 397 g/mol. The van der Waals surface area contributed by atoms with Gasteiger partial charge in [-0.05, 0) is 38.5 Å². The summed E-state index contributed by atoms with van der Waals surface area (Å²) in [6.45, 7) is 5.50. The second-order valence-corrected chi connectivity index (χ2v) is 7.56. The van der Waals surface area contributed by atoms with Crippen molar-refractivity contribution in [1.29, 1.82) is 0 Å². The van der Waals surface area contributed by atoms with Crippen LogP contribution in [0.5, 0.6) is 5.75 Å². The van der Waals surface area contributed by atoms with Crippen LogP contribution in [0.2, 0.25) is 0 Å². The number of hydrazone groups is 1. The summed E-state index contributed by atoms with van der Waals surface area (Å²) in [5, 5.41) is 9.77. The Bertz CT molecular complexity index is 1110. The molecule has 3 aromatic rings. The van der Waals surface area contributed by atoms with E-state index in [1.807, 2.05) is 23.6 Å².